The lowest BCUT2D eigenvalue weighted by Gasteiger charge is -2.35. The Morgan fingerprint density at radius 3 is 2.40 bits per heavy atom. The van der Waals surface area contributed by atoms with Crippen LogP contribution in [0.4, 0.5) is 5.69 Å². The first-order chi connectivity index (χ1) is 11.9. The number of amides is 1. The standard InChI is InChI=1S/C19H22N2O3S/c1-13-9-14(2)11-20(10-13)18(22)12-21-16-7-3-5-15-6-4-8-17(19(15)16)25(21,23)24/h3-8,13-14H,9-12H2,1-2H3. The van der Waals surface area contributed by atoms with Crippen LogP contribution >= 0.6 is 0 Å². The second kappa shape index (κ2) is 5.73. The molecule has 2 unspecified atom stereocenters. The molecule has 2 aromatic carbocycles. The number of carbonyl (C=O) groups is 1. The highest BCUT2D eigenvalue weighted by atomic mass is 32.2. The molecule has 0 aliphatic carbocycles. The number of likely N-dealkylation sites (tertiary alicyclic amines) is 1. The minimum absolute atomic E-state index is 0.119. The predicted octanol–water partition coefficient (Wildman–Crippen LogP) is 2.85. The van der Waals surface area contributed by atoms with E-state index in [9.17, 15) is 13.2 Å². The summed E-state index contributed by atoms with van der Waals surface area (Å²) in [6.45, 7) is 5.55. The molecule has 0 bridgehead atoms. The van der Waals surface area contributed by atoms with Crippen molar-refractivity contribution >= 4 is 32.4 Å². The molecule has 132 valence electrons. The Hall–Kier alpha value is -2.08. The van der Waals surface area contributed by atoms with E-state index >= 15 is 0 Å². The number of hydrogen-bond donors (Lipinski definition) is 0. The summed E-state index contributed by atoms with van der Waals surface area (Å²) in [5.74, 6) is 0.777. The van der Waals surface area contributed by atoms with Crippen molar-refractivity contribution in [2.75, 3.05) is 23.9 Å². The third-order valence-corrected chi connectivity index (χ3v) is 6.98. The fourth-order valence-corrected chi connectivity index (χ4v) is 5.88. The quantitative estimate of drug-likeness (QED) is 0.829. The number of rotatable bonds is 2. The highest BCUT2D eigenvalue weighted by Crippen LogP contribution is 2.41. The molecule has 2 aliphatic rings. The molecule has 2 aromatic rings. The molecule has 0 aromatic heterocycles. The summed E-state index contributed by atoms with van der Waals surface area (Å²) in [7, 11) is -3.67. The van der Waals surface area contributed by atoms with Gasteiger partial charge in [-0.15, -0.1) is 0 Å². The topological polar surface area (TPSA) is 57.7 Å². The summed E-state index contributed by atoms with van der Waals surface area (Å²) in [6.07, 6.45) is 1.11. The highest BCUT2D eigenvalue weighted by molar-refractivity contribution is 7.93. The Balaban J connectivity index is 1.68. The van der Waals surface area contributed by atoms with Crippen molar-refractivity contribution in [1.82, 2.24) is 4.90 Å². The van der Waals surface area contributed by atoms with Crippen LogP contribution in [0.2, 0.25) is 0 Å². The first-order valence-corrected chi connectivity index (χ1v) is 10.1. The van der Waals surface area contributed by atoms with Gasteiger partial charge >= 0.3 is 0 Å². The molecule has 1 saturated heterocycles. The smallest absolute Gasteiger partial charge is 0.265 e. The van der Waals surface area contributed by atoms with E-state index in [1.807, 2.05) is 23.1 Å². The minimum Gasteiger partial charge on any atom is -0.341 e. The molecule has 0 N–H and O–H groups in total. The van der Waals surface area contributed by atoms with Gasteiger partial charge in [0.25, 0.3) is 10.0 Å². The largest absolute Gasteiger partial charge is 0.341 e. The number of sulfonamides is 1. The van der Waals surface area contributed by atoms with Crippen LogP contribution in [-0.4, -0.2) is 38.9 Å². The maximum atomic E-state index is 13.0. The molecule has 6 heteroatoms. The Bertz CT molecular complexity index is 939. The second-order valence-electron chi connectivity index (χ2n) is 7.39. The molecule has 25 heavy (non-hydrogen) atoms. The third kappa shape index (κ3) is 2.59. The summed E-state index contributed by atoms with van der Waals surface area (Å²) >= 11 is 0. The van der Waals surface area contributed by atoms with E-state index in [4.69, 9.17) is 0 Å². The zero-order valence-electron chi connectivity index (χ0n) is 14.5. The summed E-state index contributed by atoms with van der Waals surface area (Å²) in [4.78, 5) is 14.9. The number of hydrogen-bond acceptors (Lipinski definition) is 3. The summed E-state index contributed by atoms with van der Waals surface area (Å²) in [6, 6.07) is 10.8. The number of nitrogens with zero attached hydrogens (tertiary/aromatic N) is 2. The van der Waals surface area contributed by atoms with Gasteiger partial charge in [0.15, 0.2) is 0 Å². The summed E-state index contributed by atoms with van der Waals surface area (Å²) in [5, 5.41) is 1.60. The van der Waals surface area contributed by atoms with Crippen molar-refractivity contribution in [2.45, 2.75) is 25.2 Å². The van der Waals surface area contributed by atoms with Gasteiger partial charge in [0.05, 0.1) is 10.6 Å². The van der Waals surface area contributed by atoms with Crippen LogP contribution in [0.25, 0.3) is 10.8 Å². The van der Waals surface area contributed by atoms with Crippen LogP contribution in [0.5, 0.6) is 0 Å². The van der Waals surface area contributed by atoms with Gasteiger partial charge in [0.1, 0.15) is 6.54 Å². The Labute approximate surface area is 148 Å². The zero-order chi connectivity index (χ0) is 17.8. The molecule has 0 radical (unpaired) electrons. The van der Waals surface area contributed by atoms with Gasteiger partial charge in [-0.3, -0.25) is 9.10 Å². The SMILES string of the molecule is CC1CC(C)CN(C(=O)CN2c3cccc4cccc(c34)S2(=O)=O)C1. The van der Waals surface area contributed by atoms with E-state index in [2.05, 4.69) is 13.8 Å². The van der Waals surface area contributed by atoms with E-state index in [-0.39, 0.29) is 12.5 Å². The maximum Gasteiger partial charge on any atom is 0.265 e. The van der Waals surface area contributed by atoms with Crippen LogP contribution in [0, 0.1) is 11.8 Å². The monoisotopic (exact) mass is 358 g/mol. The number of piperidine rings is 1. The molecule has 5 nitrogen and oxygen atoms in total. The van der Waals surface area contributed by atoms with Crippen molar-refractivity contribution in [3.8, 4) is 0 Å². The van der Waals surface area contributed by atoms with Crippen LogP contribution in [0.3, 0.4) is 0 Å². The predicted molar refractivity (Wildman–Crippen MR) is 98.0 cm³/mol. The van der Waals surface area contributed by atoms with Gasteiger partial charge < -0.3 is 4.90 Å². The maximum absolute atomic E-state index is 13.0. The van der Waals surface area contributed by atoms with E-state index in [1.165, 1.54) is 4.31 Å². The van der Waals surface area contributed by atoms with Crippen LogP contribution in [0.15, 0.2) is 41.3 Å². The van der Waals surface area contributed by atoms with Gasteiger partial charge in [0, 0.05) is 18.5 Å². The van der Waals surface area contributed by atoms with E-state index in [1.54, 1.807) is 18.2 Å². The lowest BCUT2D eigenvalue weighted by atomic mass is 9.92. The van der Waals surface area contributed by atoms with Gasteiger partial charge in [-0.25, -0.2) is 8.42 Å². The lowest BCUT2D eigenvalue weighted by molar-refractivity contribution is -0.132. The third-order valence-electron chi connectivity index (χ3n) is 5.18. The van der Waals surface area contributed by atoms with E-state index in [0.29, 0.717) is 35.5 Å². The highest BCUT2D eigenvalue weighted by Gasteiger charge is 2.38. The van der Waals surface area contributed by atoms with Gasteiger partial charge in [-0.05, 0) is 35.8 Å². The van der Waals surface area contributed by atoms with Crippen LogP contribution < -0.4 is 4.31 Å². The molecule has 2 heterocycles. The van der Waals surface area contributed by atoms with E-state index in [0.717, 1.165) is 17.2 Å². The lowest BCUT2D eigenvalue weighted by Crippen LogP contribution is -2.47. The van der Waals surface area contributed by atoms with Crippen molar-refractivity contribution < 1.29 is 13.2 Å². The van der Waals surface area contributed by atoms with Crippen LogP contribution in [-0.2, 0) is 14.8 Å². The molecule has 2 aliphatic heterocycles. The fraction of sp³-hybridized carbons (Fsp3) is 0.421. The van der Waals surface area contributed by atoms with Crippen molar-refractivity contribution in [1.29, 1.82) is 0 Å². The van der Waals surface area contributed by atoms with Gasteiger partial charge in [0.2, 0.25) is 5.91 Å². The number of carbonyl (C=O) groups excluding carboxylic acids is 1. The Kier molecular flexibility index (Phi) is 3.76. The van der Waals surface area contributed by atoms with Gasteiger partial charge in [-0.1, -0.05) is 38.1 Å². The van der Waals surface area contributed by atoms with Crippen LogP contribution in [0.1, 0.15) is 20.3 Å². The van der Waals surface area contributed by atoms with Crippen molar-refractivity contribution in [2.24, 2.45) is 11.8 Å². The zero-order valence-corrected chi connectivity index (χ0v) is 15.3. The molecule has 4 rings (SSSR count). The molecule has 0 saturated carbocycles. The Morgan fingerprint density at radius 1 is 1.08 bits per heavy atom. The number of anilines is 1. The number of benzene rings is 2. The molecule has 1 amide bonds. The first kappa shape index (κ1) is 16.4. The van der Waals surface area contributed by atoms with E-state index < -0.39 is 10.0 Å². The summed E-state index contributed by atoms with van der Waals surface area (Å²) in [5.41, 5.74) is 0.611. The summed E-state index contributed by atoms with van der Waals surface area (Å²) < 4.78 is 27.2. The molecule has 0 spiro atoms. The Morgan fingerprint density at radius 2 is 1.72 bits per heavy atom. The first-order valence-electron chi connectivity index (χ1n) is 8.70. The molecular formula is C19H22N2O3S. The fourth-order valence-electron chi connectivity index (χ4n) is 4.22. The molecule has 2 atom stereocenters. The van der Waals surface area contributed by atoms with Crippen molar-refractivity contribution in [3.63, 3.8) is 0 Å². The van der Waals surface area contributed by atoms with Crippen molar-refractivity contribution in [3.05, 3.63) is 36.4 Å². The second-order valence-corrected chi connectivity index (χ2v) is 9.22. The molecule has 1 fully saturated rings. The normalized spacial score (nSPS) is 24.7. The molecular weight excluding hydrogens is 336 g/mol. The van der Waals surface area contributed by atoms with Gasteiger partial charge in [-0.2, -0.15) is 0 Å². The average Bonchev–Trinajstić information content (AvgIpc) is 2.77. The average molecular weight is 358 g/mol. The minimum atomic E-state index is -3.67.